The van der Waals surface area contributed by atoms with E-state index >= 15 is 8.78 Å². The van der Waals surface area contributed by atoms with E-state index in [1.807, 2.05) is 51.4 Å². The van der Waals surface area contributed by atoms with E-state index in [9.17, 15) is 4.79 Å². The number of likely N-dealkylation sites (tertiary alicyclic amines) is 1. The third-order valence-corrected chi connectivity index (χ3v) is 6.92. The van der Waals surface area contributed by atoms with Crippen molar-refractivity contribution in [1.82, 2.24) is 20.0 Å². The average molecular weight is 507 g/mol. The van der Waals surface area contributed by atoms with Gasteiger partial charge in [-0.05, 0) is 58.1 Å². The third-order valence-electron chi connectivity index (χ3n) is 6.92. The Labute approximate surface area is 213 Å². The van der Waals surface area contributed by atoms with E-state index in [0.29, 0.717) is 25.0 Å². The Balaban J connectivity index is 1.38. The summed E-state index contributed by atoms with van der Waals surface area (Å²) in [6.07, 6.45) is 2.99. The number of rotatable bonds is 5. The lowest BCUT2D eigenvalue weighted by Crippen LogP contribution is -2.44. The molecule has 1 saturated heterocycles. The second kappa shape index (κ2) is 10.3. The van der Waals surface area contributed by atoms with Crippen LogP contribution in [-0.4, -0.2) is 77.1 Å². The molecule has 0 aliphatic carbocycles. The molecule has 10 heteroatoms. The Hall–Kier alpha value is -3.79. The number of nitrogens with zero attached hydrogens (tertiary/aromatic N) is 6. The van der Waals surface area contributed by atoms with Crippen molar-refractivity contribution in [2.45, 2.75) is 37.9 Å². The lowest BCUT2D eigenvalue weighted by Gasteiger charge is -2.35. The molecule has 1 aromatic heterocycles. The van der Waals surface area contributed by atoms with Crippen LogP contribution in [0.15, 0.2) is 56.9 Å². The van der Waals surface area contributed by atoms with Crippen LogP contribution in [0, 0.1) is 11.6 Å². The van der Waals surface area contributed by atoms with E-state index in [2.05, 4.69) is 25.1 Å². The maximum atomic E-state index is 15.1. The molecule has 3 aromatic rings. The van der Waals surface area contributed by atoms with Crippen molar-refractivity contribution in [3.8, 4) is 11.5 Å². The van der Waals surface area contributed by atoms with Gasteiger partial charge in [-0.1, -0.05) is 18.2 Å². The number of halogens is 2. The van der Waals surface area contributed by atoms with Gasteiger partial charge in [-0.3, -0.25) is 14.8 Å². The van der Waals surface area contributed by atoms with Gasteiger partial charge in [0.15, 0.2) is 6.04 Å². The normalized spacial score (nSPS) is 20.4. The highest BCUT2D eigenvalue weighted by Crippen LogP contribution is 2.29. The van der Waals surface area contributed by atoms with E-state index in [0.717, 1.165) is 30.5 Å². The summed E-state index contributed by atoms with van der Waals surface area (Å²) < 4.78 is 36.1. The maximum absolute atomic E-state index is 15.1. The first kappa shape index (κ1) is 24.9. The highest BCUT2D eigenvalue weighted by Gasteiger charge is 2.31. The first-order valence-electron chi connectivity index (χ1n) is 12.3. The zero-order chi connectivity index (χ0) is 26.1. The first-order chi connectivity index (χ1) is 17.8. The number of carbonyl (C=O) groups is 1. The molecule has 37 heavy (non-hydrogen) atoms. The predicted octanol–water partition coefficient (Wildman–Crippen LogP) is 4.18. The molecule has 2 aliphatic heterocycles. The quantitative estimate of drug-likeness (QED) is 0.518. The molecule has 1 fully saturated rings. The van der Waals surface area contributed by atoms with Crippen molar-refractivity contribution in [3.05, 3.63) is 71.1 Å². The Morgan fingerprint density at radius 3 is 2.35 bits per heavy atom. The van der Waals surface area contributed by atoms with Crippen LogP contribution >= 0.6 is 0 Å². The Kier molecular flexibility index (Phi) is 6.92. The number of hydrogen-bond donors (Lipinski definition) is 0. The third kappa shape index (κ3) is 5.06. The molecule has 0 radical (unpaired) electrons. The van der Waals surface area contributed by atoms with E-state index in [4.69, 9.17) is 4.42 Å². The molecule has 0 saturated carbocycles. The summed E-state index contributed by atoms with van der Waals surface area (Å²) in [5.41, 5.74) is 0.676. The molecule has 3 heterocycles. The lowest BCUT2D eigenvalue weighted by molar-refractivity contribution is 0.0653. The summed E-state index contributed by atoms with van der Waals surface area (Å²) in [4.78, 5) is 25.6. The number of amides is 1. The molecule has 1 amide bonds. The number of hydrogen-bond acceptors (Lipinski definition) is 7. The van der Waals surface area contributed by atoms with Gasteiger partial charge < -0.3 is 14.2 Å². The van der Waals surface area contributed by atoms with Crippen LogP contribution < -0.4 is 0 Å². The van der Waals surface area contributed by atoms with Crippen LogP contribution in [0.4, 0.5) is 8.78 Å². The van der Waals surface area contributed by atoms with E-state index in [1.54, 1.807) is 0 Å². The minimum absolute atomic E-state index is 0.182. The van der Waals surface area contributed by atoms with Crippen molar-refractivity contribution in [3.63, 3.8) is 0 Å². The molecule has 2 atom stereocenters. The van der Waals surface area contributed by atoms with Crippen molar-refractivity contribution in [1.29, 1.82) is 0 Å². The fourth-order valence-electron chi connectivity index (χ4n) is 4.69. The van der Waals surface area contributed by atoms with Gasteiger partial charge in [0.05, 0.1) is 11.8 Å². The SMILES string of the molecule is CC1N=CC(c2cc(F)c(C(=O)N3CCC(N(C)C)CC3)c(F)c2)=NC1c1nnc(-c2ccccc2)o1. The fourth-order valence-corrected chi connectivity index (χ4v) is 4.69. The average Bonchev–Trinajstić information content (AvgIpc) is 3.39. The number of aromatic nitrogens is 2. The molecule has 0 spiro atoms. The van der Waals surface area contributed by atoms with Gasteiger partial charge in [-0.15, -0.1) is 10.2 Å². The largest absolute Gasteiger partial charge is 0.418 e. The monoisotopic (exact) mass is 506 g/mol. The molecular weight excluding hydrogens is 478 g/mol. The molecular formula is C27H28F2N6O2. The standard InChI is InChI=1S/C27H28F2N6O2/c1-16-24(26-33-32-25(37-26)17-7-5-4-6-8-17)31-22(15-30-16)18-13-20(28)23(21(29)14-18)27(36)35-11-9-19(10-12-35)34(2)3/h4-8,13-16,19,24H,9-12H2,1-3H3. The maximum Gasteiger partial charge on any atom is 0.259 e. The zero-order valence-corrected chi connectivity index (χ0v) is 20.9. The predicted molar refractivity (Wildman–Crippen MR) is 136 cm³/mol. The molecule has 0 bridgehead atoms. The van der Waals surface area contributed by atoms with Gasteiger partial charge in [-0.2, -0.15) is 0 Å². The summed E-state index contributed by atoms with van der Waals surface area (Å²) >= 11 is 0. The molecule has 2 aromatic carbocycles. The summed E-state index contributed by atoms with van der Waals surface area (Å²) in [6.45, 7) is 2.75. The lowest BCUT2D eigenvalue weighted by atomic mass is 10.0. The number of piperidine rings is 1. The molecule has 2 aliphatic rings. The van der Waals surface area contributed by atoms with Gasteiger partial charge in [0.1, 0.15) is 17.2 Å². The minimum atomic E-state index is -0.926. The summed E-state index contributed by atoms with van der Waals surface area (Å²) in [5.74, 6) is -1.88. The molecule has 5 rings (SSSR count). The highest BCUT2D eigenvalue weighted by molar-refractivity contribution is 6.38. The summed E-state index contributed by atoms with van der Waals surface area (Å²) in [7, 11) is 3.98. The van der Waals surface area contributed by atoms with Gasteiger partial charge in [0, 0.05) is 36.5 Å². The van der Waals surface area contributed by atoms with Crippen LogP contribution in [0.3, 0.4) is 0 Å². The first-order valence-corrected chi connectivity index (χ1v) is 12.3. The summed E-state index contributed by atoms with van der Waals surface area (Å²) in [5, 5.41) is 8.25. The second-order valence-corrected chi connectivity index (χ2v) is 9.59. The van der Waals surface area contributed by atoms with Gasteiger partial charge in [0.25, 0.3) is 5.91 Å². The Morgan fingerprint density at radius 1 is 1.03 bits per heavy atom. The molecule has 8 nitrogen and oxygen atoms in total. The van der Waals surface area contributed by atoms with Crippen molar-refractivity contribution < 1.29 is 18.0 Å². The summed E-state index contributed by atoms with van der Waals surface area (Å²) in [6, 6.07) is 11.0. The number of aliphatic imine (C=N–C) groups is 2. The Bertz CT molecular complexity index is 1320. The molecule has 0 N–H and O–H groups in total. The second-order valence-electron chi connectivity index (χ2n) is 9.59. The van der Waals surface area contributed by atoms with Crippen LogP contribution in [0.25, 0.3) is 11.5 Å². The topological polar surface area (TPSA) is 87.2 Å². The van der Waals surface area contributed by atoms with Gasteiger partial charge in [-0.25, -0.2) is 8.78 Å². The van der Waals surface area contributed by atoms with Gasteiger partial charge in [0.2, 0.25) is 11.8 Å². The van der Waals surface area contributed by atoms with E-state index in [1.165, 1.54) is 11.1 Å². The number of benzene rings is 2. The van der Waals surface area contributed by atoms with E-state index in [-0.39, 0.29) is 23.2 Å². The van der Waals surface area contributed by atoms with Crippen LogP contribution in [-0.2, 0) is 0 Å². The van der Waals surface area contributed by atoms with E-state index < -0.39 is 29.1 Å². The van der Waals surface area contributed by atoms with Crippen LogP contribution in [0.5, 0.6) is 0 Å². The Morgan fingerprint density at radius 2 is 1.70 bits per heavy atom. The minimum Gasteiger partial charge on any atom is -0.418 e. The van der Waals surface area contributed by atoms with Crippen molar-refractivity contribution in [2.75, 3.05) is 27.2 Å². The smallest absolute Gasteiger partial charge is 0.259 e. The highest BCUT2D eigenvalue weighted by atomic mass is 19.1. The molecule has 2 unspecified atom stereocenters. The zero-order valence-electron chi connectivity index (χ0n) is 20.9. The van der Waals surface area contributed by atoms with Crippen molar-refractivity contribution >= 4 is 17.8 Å². The van der Waals surface area contributed by atoms with Crippen LogP contribution in [0.1, 0.15) is 47.6 Å². The van der Waals surface area contributed by atoms with Crippen LogP contribution in [0.2, 0.25) is 0 Å². The fraction of sp³-hybridized carbons (Fsp3) is 0.370. The van der Waals surface area contributed by atoms with Gasteiger partial charge >= 0.3 is 0 Å². The van der Waals surface area contributed by atoms with Crippen molar-refractivity contribution in [2.24, 2.45) is 9.98 Å². The number of carbonyl (C=O) groups excluding carboxylic acids is 1. The molecule has 192 valence electrons.